The number of nitrogen functional groups attached to an aromatic ring is 1. The van der Waals surface area contributed by atoms with Crippen LogP contribution < -0.4 is 20.5 Å². The summed E-state index contributed by atoms with van der Waals surface area (Å²) in [6.07, 6.45) is -2.93. The van der Waals surface area contributed by atoms with Gasteiger partial charge in [0, 0.05) is 36.4 Å². The van der Waals surface area contributed by atoms with Crippen molar-refractivity contribution in [1.82, 2.24) is 9.97 Å². The van der Waals surface area contributed by atoms with Gasteiger partial charge in [-0.15, -0.1) is 0 Å². The maximum atomic E-state index is 14.6. The molecule has 1 heterocycles. The van der Waals surface area contributed by atoms with Gasteiger partial charge in [0.1, 0.15) is 23.6 Å². The molecule has 0 radical (unpaired) electrons. The number of fused-ring (bicyclic) bond motifs is 1. The molecular weight excluding hydrogens is 468 g/mol. The van der Waals surface area contributed by atoms with E-state index in [9.17, 15) is 17.6 Å². The Kier molecular flexibility index (Phi) is 6.88. The highest BCUT2D eigenvalue weighted by Gasteiger charge is 2.36. The fourth-order valence-electron chi connectivity index (χ4n) is 3.92. The largest absolute Gasteiger partial charge is 0.493 e. The summed E-state index contributed by atoms with van der Waals surface area (Å²) in [6.45, 7) is 1.81. The van der Waals surface area contributed by atoms with E-state index in [1.807, 2.05) is 0 Å². The third-order valence-corrected chi connectivity index (χ3v) is 5.77. The van der Waals surface area contributed by atoms with Crippen LogP contribution in [0.2, 0.25) is 0 Å². The van der Waals surface area contributed by atoms with Gasteiger partial charge in [0.25, 0.3) is 0 Å². The first-order chi connectivity index (χ1) is 16.6. The lowest BCUT2D eigenvalue weighted by atomic mass is 10.1. The molecule has 0 aliphatic heterocycles. The van der Waals surface area contributed by atoms with E-state index < -0.39 is 17.6 Å². The second kappa shape index (κ2) is 9.73. The van der Waals surface area contributed by atoms with E-state index in [1.54, 1.807) is 26.2 Å². The molecular formula is C24H26F4N4O3. The van der Waals surface area contributed by atoms with Gasteiger partial charge in [0.15, 0.2) is 11.5 Å². The zero-order valence-electron chi connectivity index (χ0n) is 19.5. The molecule has 4 rings (SSSR count). The molecule has 3 aromatic rings. The predicted molar refractivity (Wildman–Crippen MR) is 123 cm³/mol. The van der Waals surface area contributed by atoms with Crippen LogP contribution in [0.1, 0.15) is 29.8 Å². The van der Waals surface area contributed by atoms with E-state index >= 15 is 0 Å². The van der Waals surface area contributed by atoms with Gasteiger partial charge in [0.2, 0.25) is 0 Å². The Bertz CT molecular complexity index is 1230. The molecule has 1 aromatic heterocycles. The van der Waals surface area contributed by atoms with E-state index in [1.165, 1.54) is 7.11 Å². The number of hydrogen-bond acceptors (Lipinski definition) is 7. The van der Waals surface area contributed by atoms with Gasteiger partial charge in [-0.1, -0.05) is 0 Å². The zero-order chi connectivity index (χ0) is 25.3. The molecule has 0 saturated heterocycles. The molecule has 188 valence electrons. The van der Waals surface area contributed by atoms with Crippen molar-refractivity contribution in [2.75, 3.05) is 31.9 Å². The van der Waals surface area contributed by atoms with Gasteiger partial charge in [-0.05, 0) is 43.9 Å². The molecule has 7 nitrogen and oxygen atoms in total. The Hall–Kier alpha value is -3.34. The molecule has 1 aliphatic rings. The summed E-state index contributed by atoms with van der Waals surface area (Å²) in [5.41, 5.74) is 4.29. The lowest BCUT2D eigenvalue weighted by Gasteiger charge is -2.20. The fourth-order valence-corrected chi connectivity index (χ4v) is 3.92. The van der Waals surface area contributed by atoms with E-state index in [0.717, 1.165) is 18.9 Å². The Labute approximate surface area is 199 Å². The molecule has 1 fully saturated rings. The Morgan fingerprint density at radius 1 is 1.11 bits per heavy atom. The van der Waals surface area contributed by atoms with Crippen LogP contribution in [0.4, 0.5) is 29.1 Å². The van der Waals surface area contributed by atoms with Crippen LogP contribution >= 0.6 is 0 Å². The number of hydrogen-bond donors (Lipinski definition) is 2. The topological polar surface area (TPSA) is 91.5 Å². The maximum absolute atomic E-state index is 14.6. The maximum Gasteiger partial charge on any atom is 0.419 e. The fraction of sp³-hybridized carbons (Fsp3) is 0.417. The Morgan fingerprint density at radius 2 is 1.86 bits per heavy atom. The first-order valence-corrected chi connectivity index (χ1v) is 11.0. The van der Waals surface area contributed by atoms with Gasteiger partial charge in [-0.2, -0.15) is 13.2 Å². The number of nitrogens with zero attached hydrogens (tertiary/aromatic N) is 2. The monoisotopic (exact) mass is 494 g/mol. The smallest absolute Gasteiger partial charge is 0.419 e. The molecule has 11 heteroatoms. The van der Waals surface area contributed by atoms with E-state index in [-0.39, 0.29) is 23.9 Å². The number of nitrogens with one attached hydrogen (secondary N) is 1. The molecule has 0 amide bonds. The van der Waals surface area contributed by atoms with Gasteiger partial charge in [-0.3, -0.25) is 0 Å². The average Bonchev–Trinajstić information content (AvgIpc) is 3.63. The molecule has 0 spiro atoms. The highest BCUT2D eigenvalue weighted by atomic mass is 19.4. The molecule has 2 aromatic carbocycles. The normalized spacial score (nSPS) is 14.7. The number of rotatable bonds is 9. The zero-order valence-corrected chi connectivity index (χ0v) is 19.5. The van der Waals surface area contributed by atoms with Gasteiger partial charge in [-0.25, -0.2) is 14.4 Å². The number of alkyl halides is 3. The number of aromatic nitrogens is 2. The number of nitrogens with two attached hydrogens (primary N) is 1. The van der Waals surface area contributed by atoms with Crippen LogP contribution in [0.5, 0.6) is 11.5 Å². The number of methoxy groups -OCH3 is 2. The first kappa shape index (κ1) is 24.8. The summed E-state index contributed by atoms with van der Waals surface area (Å²) in [5.74, 6) is 0.655. The summed E-state index contributed by atoms with van der Waals surface area (Å²) < 4.78 is 71.2. The minimum Gasteiger partial charge on any atom is -0.493 e. The minimum atomic E-state index is -4.87. The summed E-state index contributed by atoms with van der Waals surface area (Å²) in [4.78, 5) is 8.81. The summed E-state index contributed by atoms with van der Waals surface area (Å²) in [5, 5.41) is 3.48. The molecule has 1 unspecified atom stereocenters. The standard InChI is InChI=1S/C24H26F4N4O3/c1-12-31-18-9-19(34-3)20(35-21(11-33-2)13-4-5-13)8-16(18)23(32-12)30-10-14-6-15(29)7-17(22(14)25)24(26,27)28/h6-9,13,21H,4-5,10-11,29H2,1-3H3,(H,30,31,32). The van der Waals surface area contributed by atoms with Crippen LogP contribution in [0.15, 0.2) is 24.3 Å². The van der Waals surface area contributed by atoms with Crippen molar-refractivity contribution in [1.29, 1.82) is 0 Å². The van der Waals surface area contributed by atoms with Crippen molar-refractivity contribution in [2.24, 2.45) is 5.92 Å². The number of ether oxygens (including phenoxy) is 3. The molecule has 3 N–H and O–H groups in total. The van der Waals surface area contributed by atoms with Gasteiger partial charge < -0.3 is 25.3 Å². The lowest BCUT2D eigenvalue weighted by Crippen LogP contribution is -2.25. The van der Waals surface area contributed by atoms with Crippen molar-refractivity contribution < 1.29 is 31.8 Å². The molecule has 0 bridgehead atoms. The molecule has 1 saturated carbocycles. The number of halogens is 4. The van der Waals surface area contributed by atoms with Crippen molar-refractivity contribution in [3.8, 4) is 11.5 Å². The predicted octanol–water partition coefficient (Wildman–Crippen LogP) is 5.10. The third kappa shape index (κ3) is 5.50. The first-order valence-electron chi connectivity index (χ1n) is 11.0. The minimum absolute atomic E-state index is 0.156. The van der Waals surface area contributed by atoms with Gasteiger partial charge >= 0.3 is 6.18 Å². The summed E-state index contributed by atoms with van der Waals surface area (Å²) >= 11 is 0. The lowest BCUT2D eigenvalue weighted by molar-refractivity contribution is -0.140. The van der Waals surface area contributed by atoms with Crippen molar-refractivity contribution in [3.63, 3.8) is 0 Å². The van der Waals surface area contributed by atoms with Crippen molar-refractivity contribution in [2.45, 2.75) is 38.6 Å². The van der Waals surface area contributed by atoms with Gasteiger partial charge in [0.05, 0.1) is 24.8 Å². The van der Waals surface area contributed by atoms with Crippen LogP contribution in [0, 0.1) is 18.7 Å². The highest BCUT2D eigenvalue weighted by Crippen LogP contribution is 2.40. The van der Waals surface area contributed by atoms with Crippen LogP contribution in [-0.4, -0.2) is 36.9 Å². The van der Waals surface area contributed by atoms with Crippen LogP contribution in [0.25, 0.3) is 10.9 Å². The number of benzene rings is 2. The Balaban J connectivity index is 1.69. The summed E-state index contributed by atoms with van der Waals surface area (Å²) in [6, 6.07) is 5.15. The SMILES string of the molecule is COCC(Oc1cc2c(NCc3cc(N)cc(C(F)(F)F)c3F)nc(C)nc2cc1OC)C1CC1. The van der Waals surface area contributed by atoms with Crippen LogP contribution in [-0.2, 0) is 17.5 Å². The summed E-state index contributed by atoms with van der Waals surface area (Å²) in [7, 11) is 3.12. The van der Waals surface area contributed by atoms with Crippen molar-refractivity contribution in [3.05, 3.63) is 47.0 Å². The number of aryl methyl sites for hydroxylation is 1. The molecule has 1 aliphatic carbocycles. The quantitative estimate of drug-likeness (QED) is 0.316. The van der Waals surface area contributed by atoms with Crippen LogP contribution in [0.3, 0.4) is 0 Å². The second-order valence-corrected chi connectivity index (χ2v) is 8.48. The van der Waals surface area contributed by atoms with E-state index in [4.69, 9.17) is 19.9 Å². The molecule has 1 atom stereocenters. The second-order valence-electron chi connectivity index (χ2n) is 8.48. The van der Waals surface area contributed by atoms with E-state index in [0.29, 0.717) is 52.6 Å². The Morgan fingerprint density at radius 3 is 2.49 bits per heavy atom. The molecule has 35 heavy (non-hydrogen) atoms. The third-order valence-electron chi connectivity index (χ3n) is 5.77. The van der Waals surface area contributed by atoms with E-state index in [2.05, 4.69) is 15.3 Å². The van der Waals surface area contributed by atoms with Crippen molar-refractivity contribution >= 4 is 22.4 Å². The number of anilines is 2. The highest BCUT2D eigenvalue weighted by molar-refractivity contribution is 5.91. The average molecular weight is 494 g/mol.